The topological polar surface area (TPSA) is 65.4 Å². The molecule has 2 atom stereocenters. The van der Waals surface area contributed by atoms with Gasteiger partial charge in [0.25, 0.3) is 0 Å². The number of rotatable bonds is 12. The van der Waals surface area contributed by atoms with Gasteiger partial charge in [-0.25, -0.2) is 0 Å². The Bertz CT molecular complexity index is 693. The molecule has 0 radical (unpaired) electrons. The van der Waals surface area contributed by atoms with Crippen LogP contribution in [0.4, 0.5) is 0 Å². The van der Waals surface area contributed by atoms with E-state index in [1.165, 1.54) is 11.1 Å². The molecule has 1 aliphatic rings. The van der Waals surface area contributed by atoms with E-state index >= 15 is 0 Å². The Morgan fingerprint density at radius 2 is 1.10 bits per heavy atom. The van der Waals surface area contributed by atoms with Crippen LogP contribution in [0.1, 0.15) is 25.0 Å². The van der Waals surface area contributed by atoms with Crippen molar-refractivity contribution >= 4 is 0 Å². The Balaban J connectivity index is 1.68. The lowest BCUT2D eigenvalue weighted by molar-refractivity contribution is -0.149. The summed E-state index contributed by atoms with van der Waals surface area (Å²) in [6.45, 7) is 8.07. The van der Waals surface area contributed by atoms with Crippen LogP contribution >= 0.6 is 0 Å². The molecule has 2 aromatic carbocycles. The maximum Gasteiger partial charge on any atom is 0.163 e. The van der Waals surface area contributed by atoms with Crippen molar-refractivity contribution in [2.75, 3.05) is 39.4 Å². The lowest BCUT2D eigenvalue weighted by atomic mass is 10.1. The lowest BCUT2D eigenvalue weighted by Gasteiger charge is -2.29. The number of hydrogen-bond acceptors (Lipinski definition) is 6. The summed E-state index contributed by atoms with van der Waals surface area (Å²) in [5.74, 6) is -0.662. The van der Waals surface area contributed by atoms with Gasteiger partial charge in [-0.05, 0) is 25.0 Å². The molecule has 1 fully saturated rings. The summed E-state index contributed by atoms with van der Waals surface area (Å²) in [7, 11) is 0. The fourth-order valence-corrected chi connectivity index (χ4v) is 4.16. The van der Waals surface area contributed by atoms with E-state index in [0.717, 1.165) is 13.1 Å². The SMILES string of the molecule is CC1(C)O[C@@H](CN(CCO)Cc2ccccc2)[C@H](CN(CCO)Cc2ccccc2)O1. The number of nitrogens with zero attached hydrogens (tertiary/aromatic N) is 2. The first-order valence-electron chi connectivity index (χ1n) is 11.1. The van der Waals surface area contributed by atoms with Gasteiger partial charge in [-0.2, -0.15) is 0 Å². The Morgan fingerprint density at radius 1 is 0.710 bits per heavy atom. The van der Waals surface area contributed by atoms with E-state index in [1.54, 1.807) is 0 Å². The fraction of sp³-hybridized carbons (Fsp3) is 0.520. The summed E-state index contributed by atoms with van der Waals surface area (Å²) < 4.78 is 12.5. The van der Waals surface area contributed by atoms with Crippen molar-refractivity contribution in [3.63, 3.8) is 0 Å². The molecule has 31 heavy (non-hydrogen) atoms. The zero-order valence-electron chi connectivity index (χ0n) is 18.7. The molecule has 0 aliphatic carbocycles. The quantitative estimate of drug-likeness (QED) is 0.542. The Hall–Kier alpha value is -1.80. The van der Waals surface area contributed by atoms with Gasteiger partial charge in [-0.3, -0.25) is 9.80 Å². The summed E-state index contributed by atoms with van der Waals surface area (Å²) in [5.41, 5.74) is 2.41. The zero-order valence-corrected chi connectivity index (χ0v) is 18.7. The average molecular weight is 429 g/mol. The predicted octanol–water partition coefficient (Wildman–Crippen LogP) is 2.50. The third-order valence-electron chi connectivity index (χ3n) is 5.49. The minimum absolute atomic E-state index is 0.0963. The van der Waals surface area contributed by atoms with Crippen LogP contribution in [0.3, 0.4) is 0 Å². The molecule has 3 rings (SSSR count). The second-order valence-corrected chi connectivity index (χ2v) is 8.60. The summed E-state index contributed by atoms with van der Waals surface area (Å²) in [6.07, 6.45) is -0.246. The van der Waals surface area contributed by atoms with Gasteiger partial charge in [0.15, 0.2) is 5.79 Å². The van der Waals surface area contributed by atoms with Crippen LogP contribution in [-0.4, -0.2) is 77.4 Å². The second kappa shape index (κ2) is 11.7. The van der Waals surface area contributed by atoms with Crippen LogP contribution in [0.5, 0.6) is 0 Å². The first kappa shape index (κ1) is 23.9. The molecule has 6 nitrogen and oxygen atoms in total. The van der Waals surface area contributed by atoms with E-state index in [4.69, 9.17) is 9.47 Å². The molecule has 170 valence electrons. The van der Waals surface area contributed by atoms with E-state index in [-0.39, 0.29) is 25.4 Å². The first-order chi connectivity index (χ1) is 15.0. The molecule has 0 amide bonds. The van der Waals surface area contributed by atoms with Crippen LogP contribution in [-0.2, 0) is 22.6 Å². The third-order valence-corrected chi connectivity index (χ3v) is 5.49. The largest absolute Gasteiger partial charge is 0.395 e. The van der Waals surface area contributed by atoms with Crippen LogP contribution in [0, 0.1) is 0 Å². The number of aliphatic hydroxyl groups excluding tert-OH is 2. The van der Waals surface area contributed by atoms with E-state index in [9.17, 15) is 10.2 Å². The second-order valence-electron chi connectivity index (χ2n) is 8.60. The van der Waals surface area contributed by atoms with E-state index in [2.05, 4.69) is 34.1 Å². The van der Waals surface area contributed by atoms with E-state index in [1.807, 2.05) is 50.2 Å². The van der Waals surface area contributed by atoms with Crippen LogP contribution < -0.4 is 0 Å². The molecule has 0 saturated carbocycles. The van der Waals surface area contributed by atoms with Gasteiger partial charge in [-0.1, -0.05) is 60.7 Å². The van der Waals surface area contributed by atoms with Crippen molar-refractivity contribution in [3.05, 3.63) is 71.8 Å². The molecule has 0 aromatic heterocycles. The van der Waals surface area contributed by atoms with E-state index < -0.39 is 5.79 Å². The monoisotopic (exact) mass is 428 g/mol. The van der Waals surface area contributed by atoms with Crippen molar-refractivity contribution in [2.45, 2.75) is 44.9 Å². The summed E-state index contributed by atoms with van der Waals surface area (Å²) in [5, 5.41) is 19.2. The van der Waals surface area contributed by atoms with Crippen LogP contribution in [0.15, 0.2) is 60.7 Å². The fourth-order valence-electron chi connectivity index (χ4n) is 4.16. The van der Waals surface area contributed by atoms with Crippen molar-refractivity contribution in [1.82, 2.24) is 9.80 Å². The molecule has 6 heteroatoms. The van der Waals surface area contributed by atoms with Gasteiger partial charge < -0.3 is 19.7 Å². The molecular formula is C25H36N2O4. The Kier molecular flexibility index (Phi) is 9.02. The van der Waals surface area contributed by atoms with Gasteiger partial charge in [0.05, 0.1) is 13.2 Å². The molecule has 1 aliphatic heterocycles. The highest BCUT2D eigenvalue weighted by molar-refractivity contribution is 5.15. The molecule has 2 aromatic rings. The van der Waals surface area contributed by atoms with Gasteiger partial charge in [0, 0.05) is 39.3 Å². The van der Waals surface area contributed by atoms with Crippen molar-refractivity contribution in [2.24, 2.45) is 0 Å². The number of ether oxygens (including phenoxy) is 2. The molecule has 0 unspecified atom stereocenters. The van der Waals surface area contributed by atoms with Crippen molar-refractivity contribution < 1.29 is 19.7 Å². The first-order valence-corrected chi connectivity index (χ1v) is 11.1. The standard InChI is InChI=1S/C25H36N2O4/c1-25(2)30-23(19-26(13-15-28)17-21-9-5-3-6-10-21)24(31-25)20-27(14-16-29)18-22-11-7-4-8-12-22/h3-12,23-24,28-29H,13-20H2,1-2H3/t23-,24-/m0/s1. The Morgan fingerprint density at radius 3 is 1.45 bits per heavy atom. The van der Waals surface area contributed by atoms with Gasteiger partial charge in [-0.15, -0.1) is 0 Å². The van der Waals surface area contributed by atoms with Crippen LogP contribution in [0.25, 0.3) is 0 Å². The molecule has 0 bridgehead atoms. The van der Waals surface area contributed by atoms with Gasteiger partial charge in [0.2, 0.25) is 0 Å². The maximum atomic E-state index is 9.59. The highest BCUT2D eigenvalue weighted by Gasteiger charge is 2.42. The molecule has 2 N–H and O–H groups in total. The molecule has 0 spiro atoms. The minimum atomic E-state index is -0.662. The highest BCUT2D eigenvalue weighted by atomic mass is 16.8. The summed E-state index contributed by atoms with van der Waals surface area (Å²) in [6, 6.07) is 20.5. The van der Waals surface area contributed by atoms with Crippen LogP contribution in [0.2, 0.25) is 0 Å². The zero-order chi connectivity index (χ0) is 22.1. The van der Waals surface area contributed by atoms with Gasteiger partial charge in [0.1, 0.15) is 12.2 Å². The summed E-state index contributed by atoms with van der Waals surface area (Å²) >= 11 is 0. The average Bonchev–Trinajstić information content (AvgIpc) is 3.02. The molecule has 1 heterocycles. The number of benzene rings is 2. The van der Waals surface area contributed by atoms with Gasteiger partial charge >= 0.3 is 0 Å². The third kappa shape index (κ3) is 7.68. The van der Waals surface area contributed by atoms with Crippen molar-refractivity contribution in [3.8, 4) is 0 Å². The highest BCUT2D eigenvalue weighted by Crippen LogP contribution is 2.30. The maximum absolute atomic E-state index is 9.59. The smallest absolute Gasteiger partial charge is 0.163 e. The lowest BCUT2D eigenvalue weighted by Crippen LogP contribution is -2.44. The van der Waals surface area contributed by atoms with Crippen molar-refractivity contribution in [1.29, 1.82) is 0 Å². The minimum Gasteiger partial charge on any atom is -0.395 e. The normalized spacial score (nSPS) is 20.6. The Labute approximate surface area is 186 Å². The van der Waals surface area contributed by atoms with E-state index in [0.29, 0.717) is 26.2 Å². The molecular weight excluding hydrogens is 392 g/mol. The summed E-state index contributed by atoms with van der Waals surface area (Å²) in [4.78, 5) is 4.43. The predicted molar refractivity (Wildman–Crippen MR) is 121 cm³/mol. The molecule has 1 saturated heterocycles. The number of hydrogen-bond donors (Lipinski definition) is 2. The number of aliphatic hydroxyl groups is 2.